The molecule has 0 atom stereocenters. The average Bonchev–Trinajstić information content (AvgIpc) is 3.26. The lowest BCUT2D eigenvalue weighted by atomic mass is 10.00. The molecule has 0 unspecified atom stereocenters. The fourth-order valence-electron chi connectivity index (χ4n) is 4.11. The molecule has 0 bridgehead atoms. The summed E-state index contributed by atoms with van der Waals surface area (Å²) in [6.45, 7) is 0.700. The summed E-state index contributed by atoms with van der Waals surface area (Å²) in [5, 5.41) is 15.1. The number of anilines is 1. The number of hydrogen-bond acceptors (Lipinski definition) is 5. The Kier molecular flexibility index (Phi) is 6.49. The number of carbonyl (C=O) groups is 1. The topological polar surface area (TPSA) is 86.7 Å². The first-order valence-electron chi connectivity index (χ1n) is 11.6. The SMILES string of the molecule is COC(=O)c1ccc2c(C(=Nc3ccc(CNc4ccccc4)cc3)c3ccccc3)c(O)[nH]c2c1. The van der Waals surface area contributed by atoms with Gasteiger partial charge in [0, 0.05) is 28.7 Å². The zero-order valence-corrected chi connectivity index (χ0v) is 19.7. The summed E-state index contributed by atoms with van der Waals surface area (Å²) in [5.74, 6) is -0.454. The van der Waals surface area contributed by atoms with Crippen molar-refractivity contribution in [3.05, 3.63) is 125 Å². The van der Waals surface area contributed by atoms with Gasteiger partial charge in [-0.05, 0) is 42.0 Å². The maximum Gasteiger partial charge on any atom is 0.337 e. The van der Waals surface area contributed by atoms with Crippen molar-refractivity contribution in [2.45, 2.75) is 6.54 Å². The molecule has 0 aliphatic carbocycles. The van der Waals surface area contributed by atoms with Crippen molar-refractivity contribution in [1.29, 1.82) is 0 Å². The number of esters is 1. The summed E-state index contributed by atoms with van der Waals surface area (Å²) >= 11 is 0. The number of para-hydroxylation sites is 1. The van der Waals surface area contributed by atoms with Crippen molar-refractivity contribution < 1.29 is 14.6 Å². The first-order valence-corrected chi connectivity index (χ1v) is 11.6. The van der Waals surface area contributed by atoms with Gasteiger partial charge < -0.3 is 20.1 Å². The molecule has 1 aromatic heterocycles. The van der Waals surface area contributed by atoms with E-state index in [1.807, 2.05) is 84.9 Å². The van der Waals surface area contributed by atoms with Crippen molar-refractivity contribution in [1.82, 2.24) is 4.98 Å². The van der Waals surface area contributed by atoms with E-state index in [0.717, 1.165) is 27.9 Å². The predicted octanol–water partition coefficient (Wildman–Crippen LogP) is 6.44. The molecule has 3 N–H and O–H groups in total. The zero-order valence-electron chi connectivity index (χ0n) is 19.7. The van der Waals surface area contributed by atoms with Crippen LogP contribution in [-0.2, 0) is 11.3 Å². The Bertz CT molecular complexity index is 1520. The highest BCUT2D eigenvalue weighted by Crippen LogP contribution is 2.32. The second-order valence-corrected chi connectivity index (χ2v) is 8.31. The standard InChI is InChI=1S/C30H25N3O3/c1-36-30(35)22-14-17-25-26(18-22)33-29(34)27(25)28(21-8-4-2-5-9-21)32-24-15-12-20(13-16-24)19-31-23-10-6-3-7-11-23/h2-18,31,33-34H,19H2,1H3. The molecular weight excluding hydrogens is 450 g/mol. The smallest absolute Gasteiger partial charge is 0.337 e. The summed E-state index contributed by atoms with van der Waals surface area (Å²) in [6.07, 6.45) is 0. The lowest BCUT2D eigenvalue weighted by molar-refractivity contribution is 0.0601. The minimum atomic E-state index is -0.439. The monoisotopic (exact) mass is 475 g/mol. The average molecular weight is 476 g/mol. The molecule has 6 nitrogen and oxygen atoms in total. The van der Waals surface area contributed by atoms with Gasteiger partial charge in [0.2, 0.25) is 0 Å². The largest absolute Gasteiger partial charge is 0.494 e. The molecule has 0 aliphatic rings. The molecule has 0 fully saturated rings. The number of hydrogen-bond donors (Lipinski definition) is 3. The number of aromatic hydroxyl groups is 1. The van der Waals surface area contributed by atoms with Gasteiger partial charge in [-0.2, -0.15) is 0 Å². The number of nitrogens with zero attached hydrogens (tertiary/aromatic N) is 1. The molecule has 4 aromatic carbocycles. The Hall–Kier alpha value is -4.84. The maximum absolute atomic E-state index is 12.0. The van der Waals surface area contributed by atoms with Gasteiger partial charge in [0.1, 0.15) is 0 Å². The number of fused-ring (bicyclic) bond motifs is 1. The Morgan fingerprint density at radius 3 is 2.28 bits per heavy atom. The number of rotatable bonds is 7. The molecule has 36 heavy (non-hydrogen) atoms. The fraction of sp³-hybridized carbons (Fsp3) is 0.0667. The molecule has 1 heterocycles. The fourth-order valence-corrected chi connectivity index (χ4v) is 4.11. The summed E-state index contributed by atoms with van der Waals surface area (Å²) in [4.78, 5) is 19.9. The highest BCUT2D eigenvalue weighted by atomic mass is 16.5. The van der Waals surface area contributed by atoms with Gasteiger partial charge in [0.15, 0.2) is 5.88 Å². The highest BCUT2D eigenvalue weighted by Gasteiger charge is 2.20. The van der Waals surface area contributed by atoms with Gasteiger partial charge in [-0.3, -0.25) is 0 Å². The van der Waals surface area contributed by atoms with E-state index in [4.69, 9.17) is 9.73 Å². The van der Waals surface area contributed by atoms with Crippen molar-refractivity contribution in [2.75, 3.05) is 12.4 Å². The number of H-pyrrole nitrogens is 1. The highest BCUT2D eigenvalue weighted by molar-refractivity contribution is 6.22. The van der Waals surface area contributed by atoms with E-state index < -0.39 is 5.97 Å². The minimum absolute atomic E-state index is 0.0155. The Balaban J connectivity index is 1.51. The van der Waals surface area contributed by atoms with Crippen LogP contribution < -0.4 is 5.32 Å². The van der Waals surface area contributed by atoms with E-state index in [0.29, 0.717) is 28.9 Å². The van der Waals surface area contributed by atoms with Crippen molar-refractivity contribution in [3.63, 3.8) is 0 Å². The summed E-state index contributed by atoms with van der Waals surface area (Å²) in [6, 6.07) is 32.9. The number of aromatic nitrogens is 1. The minimum Gasteiger partial charge on any atom is -0.494 e. The molecule has 5 aromatic rings. The Morgan fingerprint density at radius 2 is 1.58 bits per heavy atom. The van der Waals surface area contributed by atoms with Gasteiger partial charge in [-0.25, -0.2) is 9.79 Å². The van der Waals surface area contributed by atoms with Crippen LogP contribution in [0.2, 0.25) is 0 Å². The summed E-state index contributed by atoms with van der Waals surface area (Å²) in [5.41, 5.74) is 6.04. The molecule has 0 radical (unpaired) electrons. The van der Waals surface area contributed by atoms with Crippen LogP contribution in [-0.4, -0.2) is 28.9 Å². The second-order valence-electron chi connectivity index (χ2n) is 8.31. The molecule has 5 rings (SSSR count). The molecule has 0 saturated heterocycles. The van der Waals surface area contributed by atoms with Gasteiger partial charge >= 0.3 is 5.97 Å². The molecule has 6 heteroatoms. The third-order valence-electron chi connectivity index (χ3n) is 5.93. The van der Waals surface area contributed by atoms with Crippen molar-refractivity contribution in [3.8, 4) is 5.88 Å². The maximum atomic E-state index is 12.0. The van der Waals surface area contributed by atoms with Crippen LogP contribution in [0.4, 0.5) is 11.4 Å². The molecular formula is C30H25N3O3. The quantitative estimate of drug-likeness (QED) is 0.187. The number of benzene rings is 4. The van der Waals surface area contributed by atoms with E-state index in [9.17, 15) is 9.90 Å². The molecule has 0 amide bonds. The van der Waals surface area contributed by atoms with Crippen LogP contribution in [0.25, 0.3) is 10.9 Å². The van der Waals surface area contributed by atoms with Crippen LogP contribution in [0, 0.1) is 0 Å². The number of aliphatic imine (C=N–C) groups is 1. The van der Waals surface area contributed by atoms with Crippen LogP contribution in [0.15, 0.2) is 108 Å². The van der Waals surface area contributed by atoms with Crippen LogP contribution in [0.3, 0.4) is 0 Å². The third-order valence-corrected chi connectivity index (χ3v) is 5.93. The molecule has 0 aliphatic heterocycles. The third kappa shape index (κ3) is 4.83. The van der Waals surface area contributed by atoms with E-state index in [-0.39, 0.29) is 5.88 Å². The lowest BCUT2D eigenvalue weighted by Crippen LogP contribution is -2.03. The Labute approximate surface area is 208 Å². The molecule has 0 spiro atoms. The van der Waals surface area contributed by atoms with E-state index in [2.05, 4.69) is 10.3 Å². The van der Waals surface area contributed by atoms with E-state index in [1.54, 1.807) is 18.2 Å². The van der Waals surface area contributed by atoms with Crippen molar-refractivity contribution >= 4 is 34.0 Å². The van der Waals surface area contributed by atoms with Gasteiger partial charge in [-0.1, -0.05) is 66.7 Å². The van der Waals surface area contributed by atoms with Crippen LogP contribution in [0.5, 0.6) is 5.88 Å². The summed E-state index contributed by atoms with van der Waals surface area (Å²) < 4.78 is 4.83. The number of aromatic amines is 1. The lowest BCUT2D eigenvalue weighted by Gasteiger charge is -2.09. The van der Waals surface area contributed by atoms with Crippen molar-refractivity contribution in [2.24, 2.45) is 4.99 Å². The van der Waals surface area contributed by atoms with Gasteiger partial charge in [0.05, 0.1) is 29.6 Å². The molecule has 0 saturated carbocycles. The first-order chi connectivity index (χ1) is 17.6. The van der Waals surface area contributed by atoms with Crippen LogP contribution in [0.1, 0.15) is 27.0 Å². The Morgan fingerprint density at radius 1 is 0.889 bits per heavy atom. The second kappa shape index (κ2) is 10.2. The molecule has 178 valence electrons. The number of carbonyl (C=O) groups excluding carboxylic acids is 1. The number of methoxy groups -OCH3 is 1. The number of nitrogens with one attached hydrogen (secondary N) is 2. The van der Waals surface area contributed by atoms with Gasteiger partial charge in [-0.15, -0.1) is 0 Å². The van der Waals surface area contributed by atoms with Crippen LogP contribution >= 0.6 is 0 Å². The van der Waals surface area contributed by atoms with E-state index in [1.165, 1.54) is 7.11 Å². The van der Waals surface area contributed by atoms with Gasteiger partial charge in [0.25, 0.3) is 0 Å². The van der Waals surface area contributed by atoms with E-state index >= 15 is 0 Å². The summed E-state index contributed by atoms with van der Waals surface area (Å²) in [7, 11) is 1.34. The predicted molar refractivity (Wildman–Crippen MR) is 143 cm³/mol. The normalized spacial score (nSPS) is 11.4. The first kappa shape index (κ1) is 22.9. The zero-order chi connectivity index (χ0) is 24.9. The number of ether oxygens (including phenoxy) is 1.